The standard InChI is InChI=1S/C15H23N3O3/c19-14(12-3-1-2-4-12)11-18-15(20)9-13(10-16-18)17-5-7-21-8-6-17/h9-10,12,14,19H,1-8,11H2. The Morgan fingerprint density at radius 1 is 1.33 bits per heavy atom. The summed E-state index contributed by atoms with van der Waals surface area (Å²) in [6, 6.07) is 1.61. The third-order valence-electron chi connectivity index (χ3n) is 4.54. The molecule has 1 saturated carbocycles. The van der Waals surface area contributed by atoms with Crippen LogP contribution in [0, 0.1) is 5.92 Å². The van der Waals surface area contributed by atoms with Gasteiger partial charge in [-0.1, -0.05) is 12.8 Å². The van der Waals surface area contributed by atoms with Crippen molar-refractivity contribution >= 4 is 5.69 Å². The van der Waals surface area contributed by atoms with Crippen LogP contribution in [0.1, 0.15) is 25.7 Å². The van der Waals surface area contributed by atoms with Gasteiger partial charge >= 0.3 is 0 Å². The van der Waals surface area contributed by atoms with E-state index in [0.29, 0.717) is 25.7 Å². The predicted molar refractivity (Wildman–Crippen MR) is 79.5 cm³/mol. The number of hydrogen-bond donors (Lipinski definition) is 1. The molecule has 0 aromatic carbocycles. The molecule has 3 rings (SSSR count). The molecule has 6 nitrogen and oxygen atoms in total. The molecule has 6 heteroatoms. The molecule has 21 heavy (non-hydrogen) atoms. The second kappa shape index (κ2) is 6.58. The molecule has 1 unspecified atom stereocenters. The Kier molecular flexibility index (Phi) is 4.55. The van der Waals surface area contributed by atoms with Gasteiger partial charge in [0.1, 0.15) is 0 Å². The van der Waals surface area contributed by atoms with Crippen LogP contribution in [0.3, 0.4) is 0 Å². The zero-order chi connectivity index (χ0) is 14.7. The minimum Gasteiger partial charge on any atom is -0.391 e. The van der Waals surface area contributed by atoms with Crippen LogP contribution in [0.4, 0.5) is 5.69 Å². The van der Waals surface area contributed by atoms with Crippen molar-refractivity contribution in [3.05, 3.63) is 22.6 Å². The highest BCUT2D eigenvalue weighted by molar-refractivity contribution is 5.43. The average molecular weight is 293 g/mol. The van der Waals surface area contributed by atoms with Gasteiger partial charge in [-0.05, 0) is 18.8 Å². The van der Waals surface area contributed by atoms with Gasteiger partial charge in [-0.2, -0.15) is 5.10 Å². The van der Waals surface area contributed by atoms with E-state index in [-0.39, 0.29) is 5.56 Å². The molecule has 1 aromatic heterocycles. The van der Waals surface area contributed by atoms with Gasteiger partial charge in [-0.15, -0.1) is 0 Å². The highest BCUT2D eigenvalue weighted by atomic mass is 16.5. The first-order valence-electron chi connectivity index (χ1n) is 7.82. The average Bonchev–Trinajstić information content (AvgIpc) is 3.04. The first-order chi connectivity index (χ1) is 10.2. The maximum Gasteiger partial charge on any atom is 0.268 e. The zero-order valence-electron chi connectivity index (χ0n) is 12.3. The number of hydrogen-bond acceptors (Lipinski definition) is 5. The Hall–Kier alpha value is -1.40. The minimum absolute atomic E-state index is 0.143. The lowest BCUT2D eigenvalue weighted by Gasteiger charge is -2.28. The second-order valence-electron chi connectivity index (χ2n) is 5.95. The molecule has 1 aliphatic heterocycles. The van der Waals surface area contributed by atoms with Crippen LogP contribution in [-0.4, -0.2) is 47.3 Å². The summed E-state index contributed by atoms with van der Waals surface area (Å²) in [5.41, 5.74) is 0.700. The van der Waals surface area contributed by atoms with Crippen LogP contribution in [0.5, 0.6) is 0 Å². The first kappa shape index (κ1) is 14.5. The van der Waals surface area contributed by atoms with Crippen molar-refractivity contribution in [1.82, 2.24) is 9.78 Å². The fourth-order valence-corrected chi connectivity index (χ4v) is 3.22. The van der Waals surface area contributed by atoms with Crippen molar-refractivity contribution in [2.45, 2.75) is 38.3 Å². The molecular formula is C15H23N3O3. The number of morpholine rings is 1. The van der Waals surface area contributed by atoms with E-state index in [9.17, 15) is 9.90 Å². The van der Waals surface area contributed by atoms with E-state index in [1.165, 1.54) is 17.5 Å². The van der Waals surface area contributed by atoms with Crippen molar-refractivity contribution in [3.8, 4) is 0 Å². The molecule has 1 aliphatic carbocycles. The molecule has 0 spiro atoms. The number of aromatic nitrogens is 2. The molecule has 1 aromatic rings. The Labute approximate surface area is 124 Å². The number of rotatable bonds is 4. The van der Waals surface area contributed by atoms with E-state index in [4.69, 9.17) is 4.74 Å². The number of aliphatic hydroxyl groups is 1. The Balaban J connectivity index is 1.67. The molecule has 0 amide bonds. The molecular weight excluding hydrogens is 270 g/mol. The molecule has 1 atom stereocenters. The fourth-order valence-electron chi connectivity index (χ4n) is 3.22. The van der Waals surface area contributed by atoms with Gasteiger partial charge in [-0.3, -0.25) is 4.79 Å². The molecule has 2 heterocycles. The zero-order valence-corrected chi connectivity index (χ0v) is 12.3. The van der Waals surface area contributed by atoms with Crippen LogP contribution >= 0.6 is 0 Å². The van der Waals surface area contributed by atoms with Gasteiger partial charge < -0.3 is 14.7 Å². The van der Waals surface area contributed by atoms with Crippen molar-refractivity contribution in [2.75, 3.05) is 31.2 Å². The van der Waals surface area contributed by atoms with Gasteiger partial charge in [0, 0.05) is 19.2 Å². The summed E-state index contributed by atoms with van der Waals surface area (Å²) in [7, 11) is 0. The fraction of sp³-hybridized carbons (Fsp3) is 0.733. The Morgan fingerprint density at radius 2 is 2.05 bits per heavy atom. The van der Waals surface area contributed by atoms with Crippen molar-refractivity contribution < 1.29 is 9.84 Å². The Bertz CT molecular complexity index is 519. The maximum atomic E-state index is 12.2. The molecule has 116 valence electrons. The van der Waals surface area contributed by atoms with E-state index in [2.05, 4.69) is 10.00 Å². The summed E-state index contributed by atoms with van der Waals surface area (Å²) in [6.07, 6.45) is 5.73. The van der Waals surface area contributed by atoms with E-state index in [1.54, 1.807) is 12.3 Å². The third kappa shape index (κ3) is 3.44. The second-order valence-corrected chi connectivity index (χ2v) is 5.95. The van der Waals surface area contributed by atoms with Crippen molar-refractivity contribution in [2.24, 2.45) is 5.92 Å². The SMILES string of the molecule is O=c1cc(N2CCOCC2)cnn1CC(O)C1CCCC1. The summed E-state index contributed by atoms with van der Waals surface area (Å²) in [6.45, 7) is 3.24. The van der Waals surface area contributed by atoms with E-state index in [0.717, 1.165) is 31.6 Å². The van der Waals surface area contributed by atoms with E-state index < -0.39 is 6.10 Å². The monoisotopic (exact) mass is 293 g/mol. The topological polar surface area (TPSA) is 67.6 Å². The van der Waals surface area contributed by atoms with Crippen LogP contribution in [-0.2, 0) is 11.3 Å². The van der Waals surface area contributed by atoms with Crippen molar-refractivity contribution in [3.63, 3.8) is 0 Å². The van der Waals surface area contributed by atoms with Crippen LogP contribution in [0.2, 0.25) is 0 Å². The van der Waals surface area contributed by atoms with Crippen LogP contribution in [0.25, 0.3) is 0 Å². The molecule has 2 aliphatic rings. The summed E-state index contributed by atoms with van der Waals surface area (Å²) >= 11 is 0. The smallest absolute Gasteiger partial charge is 0.268 e. The highest BCUT2D eigenvalue weighted by Gasteiger charge is 2.24. The molecule has 0 radical (unpaired) electrons. The quantitative estimate of drug-likeness (QED) is 0.882. The van der Waals surface area contributed by atoms with Gasteiger partial charge in [0.25, 0.3) is 5.56 Å². The van der Waals surface area contributed by atoms with Gasteiger partial charge in [0.2, 0.25) is 0 Å². The predicted octanol–water partition coefficient (Wildman–Crippen LogP) is 0.631. The molecule has 2 fully saturated rings. The summed E-state index contributed by atoms with van der Waals surface area (Å²) in [5.74, 6) is 0.317. The largest absolute Gasteiger partial charge is 0.391 e. The van der Waals surface area contributed by atoms with Gasteiger partial charge in [-0.25, -0.2) is 4.68 Å². The van der Waals surface area contributed by atoms with Gasteiger partial charge in [0.15, 0.2) is 0 Å². The van der Waals surface area contributed by atoms with Crippen molar-refractivity contribution in [1.29, 1.82) is 0 Å². The summed E-state index contributed by atoms with van der Waals surface area (Å²) in [4.78, 5) is 14.3. The summed E-state index contributed by atoms with van der Waals surface area (Å²) < 4.78 is 6.69. The lowest BCUT2D eigenvalue weighted by molar-refractivity contribution is 0.0878. The normalized spacial score (nSPS) is 21.7. The maximum absolute atomic E-state index is 12.2. The lowest BCUT2D eigenvalue weighted by Crippen LogP contribution is -2.38. The van der Waals surface area contributed by atoms with E-state index >= 15 is 0 Å². The lowest BCUT2D eigenvalue weighted by atomic mass is 10.0. The van der Waals surface area contributed by atoms with Crippen LogP contribution < -0.4 is 10.5 Å². The number of ether oxygens (including phenoxy) is 1. The third-order valence-corrected chi connectivity index (χ3v) is 4.54. The number of anilines is 1. The number of aliphatic hydroxyl groups excluding tert-OH is 1. The van der Waals surface area contributed by atoms with E-state index in [1.807, 2.05) is 0 Å². The summed E-state index contributed by atoms with van der Waals surface area (Å²) in [5, 5.41) is 14.4. The first-order valence-corrected chi connectivity index (χ1v) is 7.82. The molecule has 1 N–H and O–H groups in total. The highest BCUT2D eigenvalue weighted by Crippen LogP contribution is 2.28. The molecule has 1 saturated heterocycles. The minimum atomic E-state index is -0.466. The Morgan fingerprint density at radius 3 is 2.71 bits per heavy atom. The van der Waals surface area contributed by atoms with Crippen LogP contribution in [0.15, 0.2) is 17.1 Å². The molecule has 0 bridgehead atoms. The number of nitrogens with zero attached hydrogens (tertiary/aromatic N) is 3. The van der Waals surface area contributed by atoms with Gasteiger partial charge in [0.05, 0.1) is 37.7 Å².